The summed E-state index contributed by atoms with van der Waals surface area (Å²) in [5.41, 5.74) is 0.556. The molecule has 0 radical (unpaired) electrons. The van der Waals surface area contributed by atoms with E-state index in [0.717, 1.165) is 12.8 Å². The second kappa shape index (κ2) is 10.8. The van der Waals surface area contributed by atoms with E-state index in [1.807, 2.05) is 13.8 Å². The van der Waals surface area contributed by atoms with Gasteiger partial charge in [0, 0.05) is 37.8 Å². The lowest BCUT2D eigenvalue weighted by molar-refractivity contribution is -0.121. The normalized spacial score (nSPS) is 15.2. The van der Waals surface area contributed by atoms with Crippen LogP contribution in [-0.4, -0.2) is 55.6 Å². The lowest BCUT2D eigenvalue weighted by Gasteiger charge is -2.30. The van der Waals surface area contributed by atoms with Gasteiger partial charge < -0.3 is 14.6 Å². The van der Waals surface area contributed by atoms with E-state index in [1.165, 1.54) is 22.7 Å². The summed E-state index contributed by atoms with van der Waals surface area (Å²) < 4.78 is 32.4. The SMILES string of the molecule is CCCN(CCC)S(=O)(=O)c1ccc(NC(=O)C2CCN(C(=O)c3ccco3)CC2)cc1. The fourth-order valence-corrected chi connectivity index (χ4v) is 5.48. The highest BCUT2D eigenvalue weighted by Crippen LogP contribution is 2.23. The Morgan fingerprint density at radius 3 is 2.22 bits per heavy atom. The fourth-order valence-electron chi connectivity index (χ4n) is 3.86. The molecule has 1 aliphatic heterocycles. The van der Waals surface area contributed by atoms with Gasteiger partial charge in [-0.3, -0.25) is 9.59 Å². The van der Waals surface area contributed by atoms with Crippen molar-refractivity contribution in [2.24, 2.45) is 5.92 Å². The summed E-state index contributed by atoms with van der Waals surface area (Å²) in [5, 5.41) is 2.87. The molecule has 0 atom stereocenters. The fraction of sp³-hybridized carbons (Fsp3) is 0.478. The lowest BCUT2D eigenvalue weighted by Crippen LogP contribution is -2.41. The lowest BCUT2D eigenvalue weighted by atomic mass is 9.95. The molecule has 1 saturated heterocycles. The van der Waals surface area contributed by atoms with Gasteiger partial charge in [0.05, 0.1) is 11.2 Å². The molecular weight excluding hydrogens is 430 g/mol. The molecule has 1 N–H and O–H groups in total. The molecule has 2 heterocycles. The summed E-state index contributed by atoms with van der Waals surface area (Å²) in [6.45, 7) is 5.84. The number of nitrogens with one attached hydrogen (secondary N) is 1. The molecule has 2 amide bonds. The third kappa shape index (κ3) is 5.58. The quantitative estimate of drug-likeness (QED) is 0.615. The number of rotatable bonds is 9. The van der Waals surface area contributed by atoms with E-state index >= 15 is 0 Å². The Kier molecular flexibility index (Phi) is 8.09. The summed E-state index contributed by atoms with van der Waals surface area (Å²) >= 11 is 0. The molecule has 9 heteroatoms. The van der Waals surface area contributed by atoms with E-state index in [2.05, 4.69) is 5.32 Å². The van der Waals surface area contributed by atoms with Crippen molar-refractivity contribution in [1.82, 2.24) is 9.21 Å². The zero-order valence-corrected chi connectivity index (χ0v) is 19.4. The summed E-state index contributed by atoms with van der Waals surface area (Å²) in [6.07, 6.45) is 4.09. The van der Waals surface area contributed by atoms with Gasteiger partial charge in [0.2, 0.25) is 15.9 Å². The number of anilines is 1. The molecule has 1 aliphatic rings. The number of hydrogen-bond donors (Lipinski definition) is 1. The predicted octanol–water partition coefficient (Wildman–Crippen LogP) is 3.58. The van der Waals surface area contributed by atoms with Crippen molar-refractivity contribution in [2.75, 3.05) is 31.5 Å². The standard InChI is InChI=1S/C23H31N3O5S/c1-3-13-26(14-4-2)32(29,30)20-9-7-19(8-10-20)24-22(27)18-11-15-25(16-12-18)23(28)21-6-5-17-31-21/h5-10,17-18H,3-4,11-16H2,1-2H3,(H,24,27). The molecule has 2 aromatic rings. The van der Waals surface area contributed by atoms with Crippen LogP contribution < -0.4 is 5.32 Å². The first-order valence-corrected chi connectivity index (χ1v) is 12.5. The molecule has 0 bridgehead atoms. The molecule has 0 spiro atoms. The summed E-state index contributed by atoms with van der Waals surface area (Å²) in [4.78, 5) is 26.9. The van der Waals surface area contributed by atoms with Gasteiger partial charge in [-0.1, -0.05) is 13.8 Å². The van der Waals surface area contributed by atoms with Crippen molar-refractivity contribution < 1.29 is 22.4 Å². The number of nitrogens with zero attached hydrogens (tertiary/aromatic N) is 2. The number of carbonyl (C=O) groups excluding carboxylic acids is 2. The molecule has 3 rings (SSSR count). The first-order valence-electron chi connectivity index (χ1n) is 11.1. The Morgan fingerprint density at radius 2 is 1.69 bits per heavy atom. The van der Waals surface area contributed by atoms with E-state index in [9.17, 15) is 18.0 Å². The van der Waals surface area contributed by atoms with Gasteiger partial charge in [-0.2, -0.15) is 4.31 Å². The summed E-state index contributed by atoms with van der Waals surface area (Å²) in [5.74, 6) is -0.182. The zero-order chi connectivity index (χ0) is 23.1. The summed E-state index contributed by atoms with van der Waals surface area (Å²) in [7, 11) is -3.55. The van der Waals surface area contributed by atoms with Crippen LogP contribution in [0.15, 0.2) is 52.0 Å². The van der Waals surface area contributed by atoms with Crippen LogP contribution in [0.3, 0.4) is 0 Å². The second-order valence-corrected chi connectivity index (χ2v) is 9.90. The maximum Gasteiger partial charge on any atom is 0.289 e. The zero-order valence-electron chi connectivity index (χ0n) is 18.6. The number of sulfonamides is 1. The van der Waals surface area contributed by atoms with Crippen LogP contribution in [0.2, 0.25) is 0 Å². The Morgan fingerprint density at radius 1 is 1.06 bits per heavy atom. The maximum absolute atomic E-state index is 12.9. The van der Waals surface area contributed by atoms with Crippen LogP contribution >= 0.6 is 0 Å². The first kappa shape index (κ1) is 24.0. The molecule has 0 aliphatic carbocycles. The second-order valence-electron chi connectivity index (χ2n) is 7.96. The number of benzene rings is 1. The Labute approximate surface area is 189 Å². The number of piperidine rings is 1. The molecule has 32 heavy (non-hydrogen) atoms. The molecular formula is C23H31N3O5S. The van der Waals surface area contributed by atoms with Gasteiger partial charge in [0.15, 0.2) is 5.76 Å². The highest BCUT2D eigenvalue weighted by Gasteiger charge is 2.29. The monoisotopic (exact) mass is 461 g/mol. The topological polar surface area (TPSA) is 99.9 Å². The first-order chi connectivity index (χ1) is 15.4. The third-order valence-corrected chi connectivity index (χ3v) is 7.50. The average Bonchev–Trinajstić information content (AvgIpc) is 3.34. The number of carbonyl (C=O) groups is 2. The molecule has 0 saturated carbocycles. The Balaban J connectivity index is 1.56. The van der Waals surface area contributed by atoms with E-state index in [0.29, 0.717) is 50.5 Å². The van der Waals surface area contributed by atoms with Crippen LogP contribution in [0.4, 0.5) is 5.69 Å². The van der Waals surface area contributed by atoms with Gasteiger partial charge in [0.1, 0.15) is 0 Å². The van der Waals surface area contributed by atoms with Crippen LogP contribution in [0.5, 0.6) is 0 Å². The molecule has 174 valence electrons. The molecule has 0 unspecified atom stereocenters. The highest BCUT2D eigenvalue weighted by atomic mass is 32.2. The largest absolute Gasteiger partial charge is 0.459 e. The van der Waals surface area contributed by atoms with Crippen LogP contribution in [0.25, 0.3) is 0 Å². The van der Waals surface area contributed by atoms with Crippen molar-refractivity contribution in [3.8, 4) is 0 Å². The number of amides is 2. The van der Waals surface area contributed by atoms with Gasteiger partial charge in [-0.15, -0.1) is 0 Å². The van der Waals surface area contributed by atoms with Crippen LogP contribution in [0, 0.1) is 5.92 Å². The number of hydrogen-bond acceptors (Lipinski definition) is 5. The number of furan rings is 1. The van der Waals surface area contributed by atoms with Crippen LogP contribution in [0.1, 0.15) is 50.1 Å². The van der Waals surface area contributed by atoms with E-state index < -0.39 is 10.0 Å². The molecule has 8 nitrogen and oxygen atoms in total. The minimum atomic E-state index is -3.55. The van der Waals surface area contributed by atoms with Crippen molar-refractivity contribution in [1.29, 1.82) is 0 Å². The average molecular weight is 462 g/mol. The molecule has 1 aromatic carbocycles. The smallest absolute Gasteiger partial charge is 0.289 e. The molecule has 1 aromatic heterocycles. The molecule has 1 fully saturated rings. The number of likely N-dealkylation sites (tertiary alicyclic amines) is 1. The van der Waals surface area contributed by atoms with Gasteiger partial charge in [-0.25, -0.2) is 8.42 Å². The van der Waals surface area contributed by atoms with Gasteiger partial charge in [-0.05, 0) is 62.1 Å². The van der Waals surface area contributed by atoms with Gasteiger partial charge in [0.25, 0.3) is 5.91 Å². The highest BCUT2D eigenvalue weighted by molar-refractivity contribution is 7.89. The minimum Gasteiger partial charge on any atom is -0.459 e. The van der Waals surface area contributed by atoms with Gasteiger partial charge >= 0.3 is 0 Å². The maximum atomic E-state index is 12.9. The Hall–Kier alpha value is -2.65. The van der Waals surface area contributed by atoms with Crippen molar-refractivity contribution in [2.45, 2.75) is 44.4 Å². The van der Waals surface area contributed by atoms with Crippen LogP contribution in [-0.2, 0) is 14.8 Å². The van der Waals surface area contributed by atoms with E-state index in [1.54, 1.807) is 29.2 Å². The van der Waals surface area contributed by atoms with Crippen molar-refractivity contribution in [3.63, 3.8) is 0 Å². The third-order valence-electron chi connectivity index (χ3n) is 5.59. The van der Waals surface area contributed by atoms with E-state index in [4.69, 9.17) is 4.42 Å². The predicted molar refractivity (Wildman–Crippen MR) is 122 cm³/mol. The minimum absolute atomic E-state index is 0.121. The Bertz CT molecular complexity index is 989. The van der Waals surface area contributed by atoms with Crippen molar-refractivity contribution >= 4 is 27.5 Å². The van der Waals surface area contributed by atoms with E-state index in [-0.39, 0.29) is 22.6 Å². The van der Waals surface area contributed by atoms with Crippen molar-refractivity contribution in [3.05, 3.63) is 48.4 Å². The summed E-state index contributed by atoms with van der Waals surface area (Å²) in [6, 6.07) is 9.62.